The van der Waals surface area contributed by atoms with Gasteiger partial charge in [-0.1, -0.05) is 64.5 Å². The molecule has 2 aromatic rings. The van der Waals surface area contributed by atoms with Gasteiger partial charge < -0.3 is 0 Å². The van der Waals surface area contributed by atoms with Crippen molar-refractivity contribution in [3.63, 3.8) is 0 Å². The Hall–Kier alpha value is -1.34. The average Bonchev–Trinajstić information content (AvgIpc) is 2.51. The van der Waals surface area contributed by atoms with Crippen LogP contribution in [0.25, 0.3) is 16.3 Å². The van der Waals surface area contributed by atoms with Crippen LogP contribution >= 0.6 is 15.9 Å². The van der Waals surface area contributed by atoms with Gasteiger partial charge in [-0.15, -0.1) is 0 Å². The van der Waals surface area contributed by atoms with E-state index in [1.807, 2.05) is 0 Å². The topological polar surface area (TPSA) is 0 Å². The van der Waals surface area contributed by atoms with E-state index >= 15 is 0 Å². The van der Waals surface area contributed by atoms with E-state index in [0.717, 1.165) is 11.8 Å². The molecule has 100 valence electrons. The summed E-state index contributed by atoms with van der Waals surface area (Å²) in [7, 11) is 0. The monoisotopic (exact) mass is 324 g/mol. The summed E-state index contributed by atoms with van der Waals surface area (Å²) in [6, 6.07) is 11.4. The second kappa shape index (κ2) is 4.89. The molecule has 0 aliphatic heterocycles. The first kappa shape index (κ1) is 12.4. The zero-order valence-corrected chi connectivity index (χ0v) is 13.0. The summed E-state index contributed by atoms with van der Waals surface area (Å²) in [5.41, 5.74) is 5.95. The minimum absolute atomic E-state index is 0.566. The van der Waals surface area contributed by atoms with Crippen LogP contribution in [-0.4, -0.2) is 5.33 Å². The molecule has 1 unspecified atom stereocenters. The van der Waals surface area contributed by atoms with Gasteiger partial charge in [0.15, 0.2) is 0 Å². The predicted molar refractivity (Wildman–Crippen MR) is 90.5 cm³/mol. The highest BCUT2D eigenvalue weighted by Gasteiger charge is 2.24. The SMILES string of the molecule is BrCCCC1C=C2C=CCc3ccc4cccc1c4c32. The molecule has 0 saturated carbocycles. The largest absolute Gasteiger partial charge is 0.0928 e. The number of halogens is 1. The molecule has 4 rings (SSSR count). The lowest BCUT2D eigenvalue weighted by atomic mass is 9.76. The highest BCUT2D eigenvalue weighted by Crippen LogP contribution is 2.44. The Balaban J connectivity index is 1.99. The molecule has 0 fully saturated rings. The normalized spacial score (nSPS) is 19.2. The van der Waals surface area contributed by atoms with Crippen LogP contribution in [0.3, 0.4) is 0 Å². The Labute approximate surface area is 128 Å². The van der Waals surface area contributed by atoms with Crippen LogP contribution in [0.1, 0.15) is 35.4 Å². The highest BCUT2D eigenvalue weighted by atomic mass is 79.9. The van der Waals surface area contributed by atoms with E-state index in [4.69, 9.17) is 0 Å². The highest BCUT2D eigenvalue weighted by molar-refractivity contribution is 9.09. The molecule has 0 spiro atoms. The summed E-state index contributed by atoms with van der Waals surface area (Å²) in [6.45, 7) is 0. The Bertz CT molecular complexity index is 737. The van der Waals surface area contributed by atoms with E-state index < -0.39 is 0 Å². The second-order valence-corrected chi connectivity index (χ2v) is 6.50. The lowest BCUT2D eigenvalue weighted by Gasteiger charge is -2.27. The van der Waals surface area contributed by atoms with Gasteiger partial charge >= 0.3 is 0 Å². The summed E-state index contributed by atoms with van der Waals surface area (Å²) in [6.07, 6.45) is 10.6. The van der Waals surface area contributed by atoms with Gasteiger partial charge in [0, 0.05) is 11.2 Å². The third-order valence-electron chi connectivity index (χ3n) is 4.52. The smallest absolute Gasteiger partial charge is 0.00338 e. The molecule has 0 heterocycles. The van der Waals surface area contributed by atoms with E-state index in [0.29, 0.717) is 5.92 Å². The molecule has 20 heavy (non-hydrogen) atoms. The summed E-state index contributed by atoms with van der Waals surface area (Å²) >= 11 is 3.57. The van der Waals surface area contributed by atoms with Gasteiger partial charge in [-0.2, -0.15) is 0 Å². The van der Waals surface area contributed by atoms with Crippen molar-refractivity contribution >= 4 is 32.3 Å². The van der Waals surface area contributed by atoms with Crippen molar-refractivity contribution in [3.05, 3.63) is 65.3 Å². The van der Waals surface area contributed by atoms with Crippen molar-refractivity contribution in [2.24, 2.45) is 0 Å². The maximum atomic E-state index is 3.57. The van der Waals surface area contributed by atoms with Gasteiger partial charge in [-0.05, 0) is 52.3 Å². The Morgan fingerprint density at radius 1 is 1.15 bits per heavy atom. The maximum Gasteiger partial charge on any atom is 0.00338 e. The molecule has 0 bridgehead atoms. The molecule has 1 heteroatoms. The quantitative estimate of drug-likeness (QED) is 0.644. The zero-order valence-electron chi connectivity index (χ0n) is 11.4. The third-order valence-corrected chi connectivity index (χ3v) is 5.08. The molecule has 0 amide bonds. The molecule has 2 aliphatic rings. The summed E-state index contributed by atoms with van der Waals surface area (Å²) in [5.74, 6) is 0.566. The summed E-state index contributed by atoms with van der Waals surface area (Å²) < 4.78 is 0. The fourth-order valence-corrected chi connectivity index (χ4v) is 3.96. The number of allylic oxidation sites excluding steroid dienone is 4. The van der Waals surface area contributed by atoms with Gasteiger partial charge in [0.25, 0.3) is 0 Å². The van der Waals surface area contributed by atoms with E-state index in [1.165, 1.54) is 45.9 Å². The molecule has 0 radical (unpaired) electrons. The predicted octanol–water partition coefficient (Wildman–Crippen LogP) is 5.61. The van der Waals surface area contributed by atoms with Crippen LogP contribution in [0.5, 0.6) is 0 Å². The molecule has 2 aliphatic carbocycles. The molecule has 1 atom stereocenters. The standard InChI is InChI=1S/C19H17Br/c20-11-3-7-15-12-16-6-1-4-13-9-10-14-5-2-8-17(15)19(14)18(13)16/h1-2,5-6,8-10,12,15H,3-4,7,11H2. The molecule has 0 aromatic heterocycles. The van der Waals surface area contributed by atoms with Crippen molar-refractivity contribution in [2.45, 2.75) is 25.2 Å². The molecule has 0 nitrogen and oxygen atoms in total. The van der Waals surface area contributed by atoms with Crippen LogP contribution in [0.2, 0.25) is 0 Å². The molecular formula is C19H17Br. The van der Waals surface area contributed by atoms with Crippen molar-refractivity contribution in [1.82, 2.24) is 0 Å². The van der Waals surface area contributed by atoms with Crippen LogP contribution in [0.15, 0.2) is 48.6 Å². The van der Waals surface area contributed by atoms with Crippen molar-refractivity contribution in [2.75, 3.05) is 5.33 Å². The third kappa shape index (κ3) is 1.80. The minimum Gasteiger partial charge on any atom is -0.0928 e. The zero-order chi connectivity index (χ0) is 13.5. The maximum absolute atomic E-state index is 3.57. The van der Waals surface area contributed by atoms with Crippen LogP contribution < -0.4 is 0 Å². The average molecular weight is 325 g/mol. The second-order valence-electron chi connectivity index (χ2n) is 5.71. The van der Waals surface area contributed by atoms with E-state index in [1.54, 1.807) is 0 Å². The summed E-state index contributed by atoms with van der Waals surface area (Å²) in [4.78, 5) is 0. The van der Waals surface area contributed by atoms with Gasteiger partial charge in [0.05, 0.1) is 0 Å². The number of hydrogen-bond donors (Lipinski definition) is 0. The minimum atomic E-state index is 0.566. The fourth-order valence-electron chi connectivity index (χ4n) is 3.64. The van der Waals surface area contributed by atoms with E-state index in [9.17, 15) is 0 Å². The van der Waals surface area contributed by atoms with E-state index in [2.05, 4.69) is 64.5 Å². The fraction of sp³-hybridized carbons (Fsp3) is 0.263. The number of alkyl halides is 1. The van der Waals surface area contributed by atoms with Gasteiger partial charge in [0.2, 0.25) is 0 Å². The Morgan fingerprint density at radius 2 is 2.10 bits per heavy atom. The Morgan fingerprint density at radius 3 is 3.00 bits per heavy atom. The van der Waals surface area contributed by atoms with Crippen LogP contribution in [0.4, 0.5) is 0 Å². The first-order valence-electron chi connectivity index (χ1n) is 7.37. The first-order valence-corrected chi connectivity index (χ1v) is 8.50. The van der Waals surface area contributed by atoms with Gasteiger partial charge in [-0.25, -0.2) is 0 Å². The van der Waals surface area contributed by atoms with Gasteiger partial charge in [0.1, 0.15) is 0 Å². The van der Waals surface area contributed by atoms with E-state index in [-0.39, 0.29) is 0 Å². The number of benzene rings is 2. The number of rotatable bonds is 3. The van der Waals surface area contributed by atoms with Crippen molar-refractivity contribution in [1.29, 1.82) is 0 Å². The van der Waals surface area contributed by atoms with Crippen LogP contribution in [0, 0.1) is 0 Å². The first-order chi connectivity index (χ1) is 9.88. The summed E-state index contributed by atoms with van der Waals surface area (Å²) in [5, 5.41) is 3.99. The molecular weight excluding hydrogens is 308 g/mol. The lowest BCUT2D eigenvalue weighted by Crippen LogP contribution is -2.08. The Kier molecular flexibility index (Phi) is 3.03. The van der Waals surface area contributed by atoms with Gasteiger partial charge in [-0.3, -0.25) is 0 Å². The molecule has 0 saturated heterocycles. The molecule has 0 N–H and O–H groups in total. The number of hydrogen-bond acceptors (Lipinski definition) is 0. The van der Waals surface area contributed by atoms with Crippen LogP contribution in [-0.2, 0) is 6.42 Å². The lowest BCUT2D eigenvalue weighted by molar-refractivity contribution is 0.728. The van der Waals surface area contributed by atoms with Crippen molar-refractivity contribution < 1.29 is 0 Å². The molecule has 2 aromatic carbocycles. The van der Waals surface area contributed by atoms with Crippen molar-refractivity contribution in [3.8, 4) is 0 Å².